The highest BCUT2D eigenvalue weighted by Gasteiger charge is 2.41. The van der Waals surface area contributed by atoms with Crippen LogP contribution in [0.15, 0.2) is 5.16 Å². The average molecular weight is 271 g/mol. The summed E-state index contributed by atoms with van der Waals surface area (Å²) in [7, 11) is 0. The van der Waals surface area contributed by atoms with Gasteiger partial charge in [-0.05, 0) is 26.2 Å². The molecule has 1 saturated heterocycles. The number of carbonyl (C=O) groups excluding carboxylic acids is 1. The third-order valence-electron chi connectivity index (χ3n) is 4.27. The highest BCUT2D eigenvalue weighted by Crippen LogP contribution is 2.28. The Labute approximate surface area is 114 Å². The Morgan fingerprint density at radius 2 is 2.21 bits per heavy atom. The number of hydrogen-bond donors (Lipinski definition) is 3. The van der Waals surface area contributed by atoms with Crippen LogP contribution < -0.4 is 11.1 Å². The molecule has 6 nitrogen and oxygen atoms in total. The van der Waals surface area contributed by atoms with Gasteiger partial charge >= 0.3 is 0 Å². The van der Waals surface area contributed by atoms with Crippen LogP contribution >= 0.6 is 0 Å². The second kappa shape index (κ2) is 6.75. The lowest BCUT2D eigenvalue weighted by atomic mass is 9.79. The van der Waals surface area contributed by atoms with E-state index in [1.165, 1.54) is 0 Å². The minimum absolute atomic E-state index is 0.0233. The van der Waals surface area contributed by atoms with Gasteiger partial charge < -0.3 is 21.0 Å². The van der Waals surface area contributed by atoms with E-state index in [0.29, 0.717) is 25.4 Å². The zero-order chi connectivity index (χ0) is 14.5. The Morgan fingerprint density at radius 1 is 1.58 bits per heavy atom. The summed E-state index contributed by atoms with van der Waals surface area (Å²) in [6, 6.07) is 0.0268. The second-order valence-electron chi connectivity index (χ2n) is 5.16. The molecule has 2 unspecified atom stereocenters. The summed E-state index contributed by atoms with van der Waals surface area (Å²) in [5, 5.41) is 14.9. The van der Waals surface area contributed by atoms with Gasteiger partial charge in [0.25, 0.3) is 0 Å². The topological polar surface area (TPSA) is 96.9 Å². The van der Waals surface area contributed by atoms with E-state index in [-0.39, 0.29) is 17.8 Å². The lowest BCUT2D eigenvalue weighted by Gasteiger charge is -2.31. The number of oxime groups is 1. The molecule has 110 valence electrons. The van der Waals surface area contributed by atoms with E-state index in [1.54, 1.807) is 0 Å². The van der Waals surface area contributed by atoms with Gasteiger partial charge in [0.05, 0.1) is 6.61 Å². The van der Waals surface area contributed by atoms with Gasteiger partial charge in [-0.3, -0.25) is 4.79 Å². The van der Waals surface area contributed by atoms with Crippen LogP contribution in [-0.2, 0) is 9.53 Å². The largest absolute Gasteiger partial charge is 0.409 e. The molecule has 1 heterocycles. The number of carbonyl (C=O) groups is 1. The number of nitrogens with zero attached hydrogens (tertiary/aromatic N) is 1. The first-order valence-electron chi connectivity index (χ1n) is 6.88. The fraction of sp³-hybridized carbons (Fsp3) is 0.846. The molecular formula is C13H25N3O3. The molecule has 19 heavy (non-hydrogen) atoms. The van der Waals surface area contributed by atoms with Gasteiger partial charge in [-0.25, -0.2) is 0 Å². The number of nitrogens with one attached hydrogen (secondary N) is 1. The van der Waals surface area contributed by atoms with Gasteiger partial charge in [-0.1, -0.05) is 19.0 Å². The third kappa shape index (κ3) is 3.18. The fourth-order valence-electron chi connectivity index (χ4n) is 2.56. The van der Waals surface area contributed by atoms with Crippen LogP contribution in [0, 0.1) is 11.3 Å². The quantitative estimate of drug-likeness (QED) is 0.291. The predicted octanol–water partition coefficient (Wildman–Crippen LogP) is 1.08. The molecule has 0 radical (unpaired) electrons. The number of hydrogen-bond acceptors (Lipinski definition) is 4. The summed E-state index contributed by atoms with van der Waals surface area (Å²) in [4.78, 5) is 12.5. The monoisotopic (exact) mass is 271 g/mol. The first-order chi connectivity index (χ1) is 9.01. The minimum Gasteiger partial charge on any atom is -0.409 e. The van der Waals surface area contributed by atoms with E-state index in [2.05, 4.69) is 10.5 Å². The molecule has 2 atom stereocenters. The number of nitrogens with two attached hydrogens (primary N) is 1. The number of ether oxygens (including phenoxy) is 1. The van der Waals surface area contributed by atoms with Crippen LogP contribution in [0.3, 0.4) is 0 Å². The molecule has 1 amide bonds. The zero-order valence-electron chi connectivity index (χ0n) is 12.0. The van der Waals surface area contributed by atoms with Crippen molar-refractivity contribution >= 4 is 11.7 Å². The molecule has 0 aromatic heterocycles. The first kappa shape index (κ1) is 15.8. The van der Waals surface area contributed by atoms with Crippen molar-refractivity contribution in [2.45, 2.75) is 46.1 Å². The van der Waals surface area contributed by atoms with Crippen molar-refractivity contribution in [3.63, 3.8) is 0 Å². The Balaban J connectivity index is 2.77. The van der Waals surface area contributed by atoms with Gasteiger partial charge in [0.1, 0.15) is 5.41 Å². The van der Waals surface area contributed by atoms with Crippen LogP contribution in [0.1, 0.15) is 40.0 Å². The Hall–Kier alpha value is -1.30. The van der Waals surface area contributed by atoms with Crippen LogP contribution in [0.2, 0.25) is 0 Å². The summed E-state index contributed by atoms with van der Waals surface area (Å²) < 4.78 is 5.33. The number of rotatable bonds is 6. The molecule has 0 aromatic carbocycles. The third-order valence-corrected chi connectivity index (χ3v) is 4.27. The molecule has 1 rings (SSSR count). The van der Waals surface area contributed by atoms with E-state index in [9.17, 15) is 4.79 Å². The van der Waals surface area contributed by atoms with Crippen LogP contribution in [0.4, 0.5) is 0 Å². The second-order valence-corrected chi connectivity index (χ2v) is 5.16. The molecular weight excluding hydrogens is 246 g/mol. The Kier molecular flexibility index (Phi) is 5.60. The lowest BCUT2D eigenvalue weighted by Crippen LogP contribution is -2.52. The molecule has 0 spiro atoms. The minimum atomic E-state index is -0.928. The van der Waals surface area contributed by atoms with Crippen LogP contribution in [-0.4, -0.2) is 36.2 Å². The fourth-order valence-corrected chi connectivity index (χ4v) is 2.56. The Bertz CT molecular complexity index is 334. The zero-order valence-corrected chi connectivity index (χ0v) is 12.0. The summed E-state index contributed by atoms with van der Waals surface area (Å²) >= 11 is 0. The van der Waals surface area contributed by atoms with E-state index in [0.717, 1.165) is 13.0 Å². The molecule has 6 heteroatoms. The van der Waals surface area contributed by atoms with Gasteiger partial charge in [0.15, 0.2) is 5.84 Å². The maximum Gasteiger partial charge on any atom is 0.234 e. The normalized spacial score (nSPS) is 22.3. The molecule has 1 aliphatic rings. The summed E-state index contributed by atoms with van der Waals surface area (Å²) in [6.45, 7) is 7.13. The van der Waals surface area contributed by atoms with Crippen molar-refractivity contribution in [3.8, 4) is 0 Å². The molecule has 0 aliphatic carbocycles. The number of amides is 1. The lowest BCUT2D eigenvalue weighted by molar-refractivity contribution is -0.129. The van der Waals surface area contributed by atoms with Crippen molar-refractivity contribution in [1.82, 2.24) is 5.32 Å². The summed E-state index contributed by atoms with van der Waals surface area (Å²) in [5.74, 6) is 0.139. The first-order valence-corrected chi connectivity index (χ1v) is 6.88. The van der Waals surface area contributed by atoms with Crippen molar-refractivity contribution in [2.24, 2.45) is 22.2 Å². The average Bonchev–Trinajstić information content (AvgIpc) is 2.94. The maximum absolute atomic E-state index is 12.5. The molecule has 0 saturated carbocycles. The smallest absolute Gasteiger partial charge is 0.234 e. The SMILES string of the molecule is CCC(CC)(C(=O)NC(C)C1CCOC1)C(N)=NO. The van der Waals surface area contributed by atoms with Crippen molar-refractivity contribution in [2.75, 3.05) is 13.2 Å². The van der Waals surface area contributed by atoms with Gasteiger partial charge in [-0.15, -0.1) is 0 Å². The number of amidine groups is 1. The standard InChI is InChI=1S/C13H25N3O3/c1-4-13(5-2,11(14)16-18)12(17)15-9(3)10-6-7-19-8-10/h9-10,18H,4-8H2,1-3H3,(H2,14,16)(H,15,17). The molecule has 1 aliphatic heterocycles. The molecule has 0 aromatic rings. The highest BCUT2D eigenvalue weighted by atomic mass is 16.5. The molecule has 1 fully saturated rings. The maximum atomic E-state index is 12.5. The molecule has 0 bridgehead atoms. The van der Waals surface area contributed by atoms with Crippen LogP contribution in [0.25, 0.3) is 0 Å². The van der Waals surface area contributed by atoms with E-state index in [1.807, 2.05) is 20.8 Å². The van der Waals surface area contributed by atoms with Crippen molar-refractivity contribution in [3.05, 3.63) is 0 Å². The van der Waals surface area contributed by atoms with Crippen LogP contribution in [0.5, 0.6) is 0 Å². The summed E-state index contributed by atoms with van der Waals surface area (Å²) in [6.07, 6.45) is 1.95. The van der Waals surface area contributed by atoms with Gasteiger partial charge in [0, 0.05) is 18.6 Å². The van der Waals surface area contributed by atoms with E-state index in [4.69, 9.17) is 15.7 Å². The predicted molar refractivity (Wildman–Crippen MR) is 73.0 cm³/mol. The summed E-state index contributed by atoms with van der Waals surface area (Å²) in [5.41, 5.74) is 4.79. The van der Waals surface area contributed by atoms with Crippen molar-refractivity contribution < 1.29 is 14.7 Å². The highest BCUT2D eigenvalue weighted by molar-refractivity contribution is 6.06. The van der Waals surface area contributed by atoms with Crippen molar-refractivity contribution in [1.29, 1.82) is 0 Å². The molecule has 4 N–H and O–H groups in total. The van der Waals surface area contributed by atoms with Gasteiger partial charge in [-0.2, -0.15) is 0 Å². The van der Waals surface area contributed by atoms with E-state index >= 15 is 0 Å². The Morgan fingerprint density at radius 3 is 2.63 bits per heavy atom. The van der Waals surface area contributed by atoms with Gasteiger partial charge in [0.2, 0.25) is 5.91 Å². The van der Waals surface area contributed by atoms with E-state index < -0.39 is 5.41 Å².